The molecule has 0 saturated carbocycles. The van der Waals surface area contributed by atoms with Gasteiger partial charge >= 0.3 is 6.61 Å². The molecule has 4 rings (SSSR count). The summed E-state index contributed by atoms with van der Waals surface area (Å²) in [5.41, 5.74) is 1.52. The Bertz CT molecular complexity index is 1130. The third kappa shape index (κ3) is 5.20. The minimum Gasteiger partial charge on any atom is -0.433 e. The van der Waals surface area contributed by atoms with Crippen LogP contribution in [0.25, 0.3) is 16.4 Å². The van der Waals surface area contributed by atoms with E-state index in [1.165, 1.54) is 29.6 Å². The Labute approximate surface area is 185 Å². The van der Waals surface area contributed by atoms with Gasteiger partial charge in [-0.3, -0.25) is 9.29 Å². The summed E-state index contributed by atoms with van der Waals surface area (Å²) in [7, 11) is 0. The van der Waals surface area contributed by atoms with Gasteiger partial charge in [0.05, 0.1) is 10.6 Å². The summed E-state index contributed by atoms with van der Waals surface area (Å²) in [5.74, 6) is 1.36. The molecule has 5 nitrogen and oxygen atoms in total. The molecule has 0 atom stereocenters. The number of ether oxygens (including phenoxy) is 1. The first kappa shape index (κ1) is 21.3. The summed E-state index contributed by atoms with van der Waals surface area (Å²) in [6.07, 6.45) is 0.834. The number of benzene rings is 2. The molecule has 0 saturated heterocycles. The number of para-hydroxylation sites is 2. The number of nitrogens with one attached hydrogen (secondary N) is 1. The van der Waals surface area contributed by atoms with E-state index in [1.54, 1.807) is 28.8 Å². The smallest absolute Gasteiger partial charge is 0.387 e. The van der Waals surface area contributed by atoms with Crippen LogP contribution in [0, 0.1) is 5.13 Å². The third-order valence-electron chi connectivity index (χ3n) is 4.28. The Balaban J connectivity index is 1.63. The van der Waals surface area contributed by atoms with Crippen molar-refractivity contribution in [2.75, 3.05) is 10.5 Å². The maximum Gasteiger partial charge on any atom is 0.387 e. The summed E-state index contributed by atoms with van der Waals surface area (Å²) in [6, 6.07) is 19.3. The molecule has 31 heavy (non-hydrogen) atoms. The number of hydrogen-bond acceptors (Lipinski definition) is 6. The highest BCUT2D eigenvalue weighted by Crippen LogP contribution is 2.34. The van der Waals surface area contributed by atoms with Crippen molar-refractivity contribution in [2.24, 2.45) is 0 Å². The zero-order valence-electron chi connectivity index (χ0n) is 16.0. The number of thiophene rings is 1. The van der Waals surface area contributed by atoms with Crippen LogP contribution in [0.4, 0.5) is 19.1 Å². The average molecular weight is 463 g/mol. The first-order chi connectivity index (χ1) is 15.1. The second-order valence-electron chi connectivity index (χ2n) is 6.32. The van der Waals surface area contributed by atoms with Crippen molar-refractivity contribution in [1.29, 1.82) is 0 Å². The van der Waals surface area contributed by atoms with Gasteiger partial charge in [0.2, 0.25) is 5.95 Å². The number of halogens is 3. The Morgan fingerprint density at radius 2 is 1.77 bits per heavy atom. The van der Waals surface area contributed by atoms with Gasteiger partial charge in [0.15, 0.2) is 11.0 Å². The van der Waals surface area contributed by atoms with Crippen LogP contribution in [-0.2, 0) is 6.42 Å². The number of aromatic nitrogens is 3. The van der Waals surface area contributed by atoms with Gasteiger partial charge in [0, 0.05) is 5.75 Å². The first-order valence-corrected chi connectivity index (χ1v) is 11.1. The van der Waals surface area contributed by atoms with Gasteiger partial charge in [-0.05, 0) is 48.2 Å². The van der Waals surface area contributed by atoms with Gasteiger partial charge in [0.1, 0.15) is 5.75 Å². The van der Waals surface area contributed by atoms with Gasteiger partial charge in [-0.15, -0.1) is 21.5 Å². The Morgan fingerprint density at radius 3 is 2.52 bits per heavy atom. The van der Waals surface area contributed by atoms with Crippen LogP contribution < -0.4 is 9.46 Å². The van der Waals surface area contributed by atoms with Crippen molar-refractivity contribution in [2.45, 2.75) is 13.0 Å². The molecular weight excluding hydrogens is 445 g/mol. The number of hydrogen-bond donors (Lipinski definition) is 1. The van der Waals surface area contributed by atoms with Gasteiger partial charge in [0.25, 0.3) is 0 Å². The molecule has 0 radical (unpaired) electrons. The number of rotatable bonds is 9. The van der Waals surface area contributed by atoms with E-state index < -0.39 is 6.61 Å². The van der Waals surface area contributed by atoms with E-state index in [2.05, 4.69) is 19.7 Å². The number of alkyl halides is 2. The zero-order valence-corrected chi connectivity index (χ0v) is 17.7. The predicted molar refractivity (Wildman–Crippen MR) is 117 cm³/mol. The molecule has 0 spiro atoms. The molecule has 2 aromatic carbocycles. The van der Waals surface area contributed by atoms with Crippen LogP contribution in [0.5, 0.6) is 5.75 Å². The van der Waals surface area contributed by atoms with E-state index in [9.17, 15) is 13.2 Å². The lowest BCUT2D eigenvalue weighted by Gasteiger charge is -2.15. The number of aryl methyl sites for hydroxylation is 1. The molecular formula is C21H17F3N4OS2. The fourth-order valence-corrected chi connectivity index (χ4v) is 4.35. The Kier molecular flexibility index (Phi) is 6.78. The van der Waals surface area contributed by atoms with Crippen LogP contribution in [-0.4, -0.2) is 27.1 Å². The van der Waals surface area contributed by atoms with Crippen LogP contribution >= 0.6 is 23.3 Å². The van der Waals surface area contributed by atoms with Crippen molar-refractivity contribution in [3.05, 3.63) is 77.4 Å². The molecule has 160 valence electrons. The largest absolute Gasteiger partial charge is 0.433 e. The second kappa shape index (κ2) is 9.88. The van der Waals surface area contributed by atoms with E-state index in [4.69, 9.17) is 0 Å². The summed E-state index contributed by atoms with van der Waals surface area (Å²) >= 11 is 2.31. The molecule has 4 aromatic rings. The van der Waals surface area contributed by atoms with Crippen molar-refractivity contribution in [1.82, 2.24) is 14.8 Å². The van der Waals surface area contributed by atoms with E-state index in [0.29, 0.717) is 22.3 Å². The topological polar surface area (TPSA) is 52.0 Å². The Hall–Kier alpha value is -2.98. The fourth-order valence-electron chi connectivity index (χ4n) is 2.94. The Morgan fingerprint density at radius 1 is 1.00 bits per heavy atom. The monoisotopic (exact) mass is 462 g/mol. The van der Waals surface area contributed by atoms with Crippen molar-refractivity contribution < 1.29 is 17.9 Å². The molecule has 2 heterocycles. The van der Waals surface area contributed by atoms with E-state index in [0.717, 1.165) is 23.5 Å². The van der Waals surface area contributed by atoms with E-state index >= 15 is 0 Å². The molecule has 0 fully saturated rings. The fraction of sp³-hybridized carbons (Fsp3) is 0.143. The molecule has 0 aliphatic heterocycles. The lowest BCUT2D eigenvalue weighted by atomic mass is 10.2. The minimum atomic E-state index is -2.99. The molecule has 0 unspecified atom stereocenters. The predicted octanol–water partition coefficient (Wildman–Crippen LogP) is 6.04. The van der Waals surface area contributed by atoms with Crippen molar-refractivity contribution in [3.8, 4) is 22.1 Å². The van der Waals surface area contributed by atoms with Crippen molar-refractivity contribution in [3.63, 3.8) is 0 Å². The minimum absolute atomic E-state index is 0.0343. The van der Waals surface area contributed by atoms with Crippen molar-refractivity contribution >= 4 is 29.2 Å². The van der Waals surface area contributed by atoms with Gasteiger partial charge < -0.3 is 4.74 Å². The molecule has 10 heteroatoms. The number of nitrogens with zero attached hydrogens (tertiary/aromatic N) is 3. The molecule has 0 amide bonds. The number of anilines is 1. The molecule has 0 bridgehead atoms. The van der Waals surface area contributed by atoms with Crippen LogP contribution in [0.3, 0.4) is 0 Å². The lowest BCUT2D eigenvalue weighted by molar-refractivity contribution is -0.0498. The molecule has 1 N–H and O–H groups in total. The second-order valence-corrected chi connectivity index (χ2v) is 8.25. The van der Waals surface area contributed by atoms with Gasteiger partial charge in [-0.1, -0.05) is 42.5 Å². The maximum atomic E-state index is 13.6. The highest BCUT2D eigenvalue weighted by molar-refractivity contribution is 8.00. The third-order valence-corrected chi connectivity index (χ3v) is 5.88. The maximum absolute atomic E-state index is 13.6. The van der Waals surface area contributed by atoms with Gasteiger partial charge in [-0.2, -0.15) is 13.2 Å². The highest BCUT2D eigenvalue weighted by Gasteiger charge is 2.21. The summed E-state index contributed by atoms with van der Waals surface area (Å²) in [6.45, 7) is -2.99. The van der Waals surface area contributed by atoms with E-state index in [-0.39, 0.29) is 10.9 Å². The zero-order chi connectivity index (χ0) is 21.6. The quantitative estimate of drug-likeness (QED) is 0.243. The average Bonchev–Trinajstić information content (AvgIpc) is 3.38. The van der Waals surface area contributed by atoms with Gasteiger partial charge in [-0.25, -0.2) is 0 Å². The summed E-state index contributed by atoms with van der Waals surface area (Å²) in [5, 5.41) is 7.96. The van der Waals surface area contributed by atoms with E-state index in [1.807, 2.05) is 30.3 Å². The first-order valence-electron chi connectivity index (χ1n) is 9.29. The molecule has 0 aliphatic carbocycles. The molecule has 2 aromatic heterocycles. The normalized spacial score (nSPS) is 11.1. The summed E-state index contributed by atoms with van der Waals surface area (Å²) < 4.78 is 48.9. The summed E-state index contributed by atoms with van der Waals surface area (Å²) in [4.78, 5) is 0.513. The standard InChI is InChI=1S/C21H17F3N4OS2/c22-18-11-10-17(31-18)19-25-26-21(27-30-13-12-14-6-2-1-3-7-14)28(19)15-8-4-5-9-16(15)29-20(23)24/h1-11,20H,12-13H2,(H,26,27). The van der Waals surface area contributed by atoms with Crippen LogP contribution in [0.2, 0.25) is 0 Å². The van der Waals surface area contributed by atoms with Crippen LogP contribution in [0.15, 0.2) is 66.7 Å². The van der Waals surface area contributed by atoms with Crippen LogP contribution in [0.1, 0.15) is 5.56 Å². The lowest BCUT2D eigenvalue weighted by Crippen LogP contribution is -2.08. The SMILES string of the molecule is Fc1ccc(-c2nnc(NSCCc3ccccc3)n2-c2ccccc2OC(F)F)s1. The molecule has 0 aliphatic rings. The highest BCUT2D eigenvalue weighted by atomic mass is 32.2.